The van der Waals surface area contributed by atoms with Gasteiger partial charge in [0.25, 0.3) is 0 Å². The molecule has 18 heavy (non-hydrogen) atoms. The number of aromatic amines is 1. The van der Waals surface area contributed by atoms with Crippen LogP contribution < -0.4 is 5.32 Å². The topological polar surface area (TPSA) is 44.9 Å². The number of nitrogens with one attached hydrogen (secondary N) is 2. The van der Waals surface area contributed by atoms with Crippen molar-refractivity contribution in [2.75, 3.05) is 0 Å². The molecule has 0 aliphatic carbocycles. The molecule has 0 spiro atoms. The highest BCUT2D eigenvalue weighted by atomic mass is 19.1. The third kappa shape index (κ3) is 3.45. The van der Waals surface area contributed by atoms with Crippen molar-refractivity contribution in [2.45, 2.75) is 19.4 Å². The molecule has 2 aromatic rings. The first-order valence-corrected chi connectivity index (χ1v) is 5.87. The number of amides is 1. The molecule has 0 aliphatic heterocycles. The molecule has 0 unspecified atom stereocenters. The van der Waals surface area contributed by atoms with Crippen molar-refractivity contribution in [1.29, 1.82) is 0 Å². The van der Waals surface area contributed by atoms with E-state index in [4.69, 9.17) is 0 Å². The lowest BCUT2D eigenvalue weighted by atomic mass is 10.1. The Morgan fingerprint density at radius 2 is 2.11 bits per heavy atom. The van der Waals surface area contributed by atoms with Gasteiger partial charge >= 0.3 is 0 Å². The molecule has 0 saturated carbocycles. The van der Waals surface area contributed by atoms with E-state index in [-0.39, 0.29) is 11.7 Å². The Bertz CT molecular complexity index is 508. The smallest absolute Gasteiger partial charge is 0.220 e. The first-order valence-electron chi connectivity index (χ1n) is 5.87. The minimum Gasteiger partial charge on any atom is -0.367 e. The molecule has 4 heteroatoms. The number of hydrogen-bond acceptors (Lipinski definition) is 1. The third-order valence-electron chi connectivity index (χ3n) is 2.73. The van der Waals surface area contributed by atoms with Crippen molar-refractivity contribution < 1.29 is 9.18 Å². The van der Waals surface area contributed by atoms with Gasteiger partial charge < -0.3 is 10.3 Å². The quantitative estimate of drug-likeness (QED) is 0.836. The summed E-state index contributed by atoms with van der Waals surface area (Å²) >= 11 is 0. The highest BCUT2D eigenvalue weighted by molar-refractivity contribution is 5.76. The normalized spacial score (nSPS) is 10.3. The molecule has 0 aliphatic rings. The average Bonchev–Trinajstić information content (AvgIpc) is 2.88. The zero-order chi connectivity index (χ0) is 12.8. The molecule has 0 saturated heterocycles. The fourth-order valence-electron chi connectivity index (χ4n) is 1.71. The van der Waals surface area contributed by atoms with E-state index in [2.05, 4.69) is 10.3 Å². The van der Waals surface area contributed by atoms with Gasteiger partial charge in [-0.2, -0.15) is 0 Å². The number of aryl methyl sites for hydroxylation is 1. The molecule has 1 amide bonds. The molecular weight excluding hydrogens is 231 g/mol. The number of rotatable bonds is 5. The first-order chi connectivity index (χ1) is 8.75. The first kappa shape index (κ1) is 12.4. The maximum absolute atomic E-state index is 13.3. The van der Waals surface area contributed by atoms with Gasteiger partial charge in [0.1, 0.15) is 5.82 Å². The summed E-state index contributed by atoms with van der Waals surface area (Å²) in [6, 6.07) is 8.43. The number of carbonyl (C=O) groups is 1. The number of benzene rings is 1. The number of aromatic nitrogens is 1. The standard InChI is InChI=1S/C14H15FN2O/c15-13-4-2-1-3-12(13)5-6-14(18)17-10-11-7-8-16-9-11/h1-4,7-9,16H,5-6,10H2,(H,17,18). The van der Waals surface area contributed by atoms with E-state index in [1.165, 1.54) is 6.07 Å². The molecule has 0 atom stereocenters. The summed E-state index contributed by atoms with van der Waals surface area (Å²) < 4.78 is 13.3. The summed E-state index contributed by atoms with van der Waals surface area (Å²) in [6.07, 6.45) is 4.36. The van der Waals surface area contributed by atoms with Crippen molar-refractivity contribution in [3.63, 3.8) is 0 Å². The van der Waals surface area contributed by atoms with Crippen molar-refractivity contribution >= 4 is 5.91 Å². The van der Waals surface area contributed by atoms with E-state index in [1.54, 1.807) is 24.4 Å². The Morgan fingerprint density at radius 3 is 2.83 bits per heavy atom. The van der Waals surface area contributed by atoms with E-state index in [0.717, 1.165) is 5.56 Å². The molecule has 2 N–H and O–H groups in total. The summed E-state index contributed by atoms with van der Waals surface area (Å²) in [5.74, 6) is -0.324. The molecule has 1 aromatic carbocycles. The molecule has 0 radical (unpaired) electrons. The SMILES string of the molecule is O=C(CCc1ccccc1F)NCc1cc[nH]c1. The van der Waals surface area contributed by atoms with Crippen molar-refractivity contribution in [3.05, 3.63) is 59.7 Å². The van der Waals surface area contributed by atoms with E-state index < -0.39 is 0 Å². The largest absolute Gasteiger partial charge is 0.367 e. The lowest BCUT2D eigenvalue weighted by molar-refractivity contribution is -0.121. The van der Waals surface area contributed by atoms with Crippen LogP contribution in [0.1, 0.15) is 17.5 Å². The lowest BCUT2D eigenvalue weighted by Gasteiger charge is -2.04. The second-order valence-electron chi connectivity index (χ2n) is 4.09. The maximum Gasteiger partial charge on any atom is 0.220 e. The van der Waals surface area contributed by atoms with Gasteiger partial charge in [-0.15, -0.1) is 0 Å². The van der Waals surface area contributed by atoms with Crippen molar-refractivity contribution in [3.8, 4) is 0 Å². The van der Waals surface area contributed by atoms with Gasteiger partial charge in [-0.3, -0.25) is 4.79 Å². The molecule has 2 rings (SSSR count). The lowest BCUT2D eigenvalue weighted by Crippen LogP contribution is -2.22. The van der Waals surface area contributed by atoms with Crippen LogP contribution in [0.5, 0.6) is 0 Å². The van der Waals surface area contributed by atoms with Crippen LogP contribution in [-0.2, 0) is 17.8 Å². The summed E-state index contributed by atoms with van der Waals surface area (Å²) in [5.41, 5.74) is 1.60. The minimum atomic E-state index is -0.254. The van der Waals surface area contributed by atoms with Crippen LogP contribution in [0.15, 0.2) is 42.7 Å². The summed E-state index contributed by atoms with van der Waals surface area (Å²) in [5, 5.41) is 2.79. The summed E-state index contributed by atoms with van der Waals surface area (Å²) in [6.45, 7) is 0.500. The van der Waals surface area contributed by atoms with Crippen LogP contribution in [0.3, 0.4) is 0 Å². The van der Waals surface area contributed by atoms with Crippen LogP contribution >= 0.6 is 0 Å². The van der Waals surface area contributed by atoms with Gasteiger partial charge in [-0.1, -0.05) is 18.2 Å². The average molecular weight is 246 g/mol. The fourth-order valence-corrected chi connectivity index (χ4v) is 1.71. The Morgan fingerprint density at radius 1 is 1.28 bits per heavy atom. The Hall–Kier alpha value is -2.10. The predicted octanol–water partition coefficient (Wildman–Crippen LogP) is 2.40. The molecular formula is C14H15FN2O. The molecule has 1 heterocycles. The van der Waals surface area contributed by atoms with Gasteiger partial charge in [-0.25, -0.2) is 4.39 Å². The molecule has 0 fully saturated rings. The monoisotopic (exact) mass is 246 g/mol. The van der Waals surface area contributed by atoms with E-state index in [1.807, 2.05) is 12.3 Å². The minimum absolute atomic E-state index is 0.0700. The summed E-state index contributed by atoms with van der Waals surface area (Å²) in [4.78, 5) is 14.5. The zero-order valence-electron chi connectivity index (χ0n) is 9.95. The van der Waals surface area contributed by atoms with Crippen LogP contribution in [0.25, 0.3) is 0 Å². The number of halogens is 1. The van der Waals surface area contributed by atoms with E-state index in [0.29, 0.717) is 24.9 Å². The Kier molecular flexibility index (Phi) is 4.12. The number of hydrogen-bond donors (Lipinski definition) is 2. The second-order valence-corrected chi connectivity index (χ2v) is 4.09. The van der Waals surface area contributed by atoms with Crippen LogP contribution in [-0.4, -0.2) is 10.9 Å². The van der Waals surface area contributed by atoms with Crippen molar-refractivity contribution in [2.24, 2.45) is 0 Å². The molecule has 1 aromatic heterocycles. The van der Waals surface area contributed by atoms with Crippen molar-refractivity contribution in [1.82, 2.24) is 10.3 Å². The van der Waals surface area contributed by atoms with Gasteiger partial charge in [0.15, 0.2) is 0 Å². The van der Waals surface area contributed by atoms with Crippen LogP contribution in [0.2, 0.25) is 0 Å². The van der Waals surface area contributed by atoms with E-state index >= 15 is 0 Å². The maximum atomic E-state index is 13.3. The highest BCUT2D eigenvalue weighted by Gasteiger charge is 2.05. The second kappa shape index (κ2) is 6.00. The molecule has 3 nitrogen and oxygen atoms in total. The van der Waals surface area contributed by atoms with Crippen LogP contribution in [0, 0.1) is 5.82 Å². The predicted molar refractivity (Wildman–Crippen MR) is 67.4 cm³/mol. The van der Waals surface area contributed by atoms with Crippen LogP contribution in [0.4, 0.5) is 4.39 Å². The van der Waals surface area contributed by atoms with Gasteiger partial charge in [0, 0.05) is 25.4 Å². The molecule has 94 valence electrons. The number of H-pyrrole nitrogens is 1. The third-order valence-corrected chi connectivity index (χ3v) is 2.73. The zero-order valence-corrected chi connectivity index (χ0v) is 9.95. The van der Waals surface area contributed by atoms with Gasteiger partial charge in [0.05, 0.1) is 0 Å². The van der Waals surface area contributed by atoms with Gasteiger partial charge in [-0.05, 0) is 29.7 Å². The highest BCUT2D eigenvalue weighted by Crippen LogP contribution is 2.08. The number of carbonyl (C=O) groups excluding carboxylic acids is 1. The van der Waals surface area contributed by atoms with E-state index in [9.17, 15) is 9.18 Å². The molecule has 0 bridgehead atoms. The Balaban J connectivity index is 1.77. The summed E-state index contributed by atoms with van der Waals surface area (Å²) in [7, 11) is 0. The fraction of sp³-hybridized carbons (Fsp3) is 0.214. The Labute approximate surface area is 105 Å². The van der Waals surface area contributed by atoms with Gasteiger partial charge in [0.2, 0.25) is 5.91 Å².